The van der Waals surface area contributed by atoms with E-state index in [0.29, 0.717) is 12.2 Å². The fourth-order valence-corrected chi connectivity index (χ4v) is 2.62. The molecule has 0 radical (unpaired) electrons. The number of halogens is 2. The summed E-state index contributed by atoms with van der Waals surface area (Å²) in [6, 6.07) is 10.7. The van der Waals surface area contributed by atoms with Crippen LogP contribution in [0.3, 0.4) is 0 Å². The fourth-order valence-electron chi connectivity index (χ4n) is 1.79. The van der Waals surface area contributed by atoms with Crippen LogP contribution in [0.1, 0.15) is 12.0 Å². The lowest BCUT2D eigenvalue weighted by molar-refractivity contribution is -0.140. The molecule has 2 rings (SSSR count). The minimum Gasteiger partial charge on any atom is -0.486 e. The predicted molar refractivity (Wildman–Crippen MR) is 84.5 cm³/mol. The first kappa shape index (κ1) is 17.3. The highest BCUT2D eigenvalue weighted by Crippen LogP contribution is 2.22. The van der Waals surface area contributed by atoms with Crippen LogP contribution in [0, 0.1) is 11.6 Å². The molecule has 6 heteroatoms. The molecule has 0 aromatic heterocycles. The lowest BCUT2D eigenvalue weighted by atomic mass is 10.2. The van der Waals surface area contributed by atoms with Crippen molar-refractivity contribution in [3.05, 3.63) is 59.7 Å². The molecule has 23 heavy (non-hydrogen) atoms. The van der Waals surface area contributed by atoms with E-state index in [-0.39, 0.29) is 18.3 Å². The zero-order valence-electron chi connectivity index (χ0n) is 12.6. The normalized spacial score (nSPS) is 10.4. The van der Waals surface area contributed by atoms with E-state index in [4.69, 9.17) is 4.74 Å². The van der Waals surface area contributed by atoms with E-state index in [1.165, 1.54) is 13.2 Å². The Kier molecular flexibility index (Phi) is 6.40. The van der Waals surface area contributed by atoms with Crippen LogP contribution in [0.15, 0.2) is 47.4 Å². The lowest BCUT2D eigenvalue weighted by Crippen LogP contribution is -2.01. The van der Waals surface area contributed by atoms with Gasteiger partial charge in [0.15, 0.2) is 11.6 Å². The monoisotopic (exact) mass is 338 g/mol. The zero-order valence-corrected chi connectivity index (χ0v) is 13.4. The summed E-state index contributed by atoms with van der Waals surface area (Å²) in [5.41, 5.74) is 0.867. The van der Waals surface area contributed by atoms with Crippen molar-refractivity contribution >= 4 is 17.7 Å². The van der Waals surface area contributed by atoms with Crippen LogP contribution < -0.4 is 4.74 Å². The third kappa shape index (κ3) is 5.56. The Bertz CT molecular complexity index is 659. The van der Waals surface area contributed by atoms with Crippen LogP contribution in [-0.4, -0.2) is 18.8 Å². The van der Waals surface area contributed by atoms with Crippen molar-refractivity contribution in [3.63, 3.8) is 0 Å². The molecule has 0 saturated heterocycles. The molecule has 0 saturated carbocycles. The van der Waals surface area contributed by atoms with Gasteiger partial charge in [-0.3, -0.25) is 4.79 Å². The highest BCUT2D eigenvalue weighted by molar-refractivity contribution is 7.99. The van der Waals surface area contributed by atoms with Crippen molar-refractivity contribution in [3.8, 4) is 5.75 Å². The van der Waals surface area contributed by atoms with Crippen LogP contribution in [0.5, 0.6) is 5.75 Å². The van der Waals surface area contributed by atoms with E-state index in [9.17, 15) is 13.6 Å². The molecule has 0 heterocycles. The number of ether oxygens (including phenoxy) is 2. The molecule has 0 N–H and O–H groups in total. The number of rotatable bonds is 7. The molecular formula is C17H16F2O3S. The molecule has 0 fully saturated rings. The number of hydrogen-bond acceptors (Lipinski definition) is 4. The second kappa shape index (κ2) is 8.53. The zero-order chi connectivity index (χ0) is 16.7. The molecule has 2 aromatic rings. The minimum absolute atomic E-state index is 0.0166. The molecule has 122 valence electrons. The maximum absolute atomic E-state index is 13.4. The highest BCUT2D eigenvalue weighted by Gasteiger charge is 2.05. The molecule has 0 bridgehead atoms. The predicted octanol–water partition coefficient (Wildman–Crippen LogP) is 4.20. The summed E-state index contributed by atoms with van der Waals surface area (Å²) in [6.07, 6.45) is 0.357. The van der Waals surface area contributed by atoms with Crippen LogP contribution in [0.4, 0.5) is 8.78 Å². The maximum Gasteiger partial charge on any atom is 0.306 e. The Morgan fingerprint density at radius 3 is 2.52 bits per heavy atom. The van der Waals surface area contributed by atoms with Crippen LogP contribution in [0.2, 0.25) is 0 Å². The molecule has 0 aliphatic heterocycles. The second-order valence-electron chi connectivity index (χ2n) is 4.68. The van der Waals surface area contributed by atoms with Gasteiger partial charge in [0.2, 0.25) is 0 Å². The van der Waals surface area contributed by atoms with Crippen LogP contribution in [0.25, 0.3) is 0 Å². The van der Waals surface area contributed by atoms with E-state index < -0.39 is 11.6 Å². The summed E-state index contributed by atoms with van der Waals surface area (Å²) in [5, 5.41) is 0. The van der Waals surface area contributed by atoms with Crippen molar-refractivity contribution in [1.82, 2.24) is 0 Å². The van der Waals surface area contributed by atoms with Crippen LogP contribution in [-0.2, 0) is 16.1 Å². The Morgan fingerprint density at radius 2 is 1.87 bits per heavy atom. The molecule has 3 nitrogen and oxygen atoms in total. The molecule has 2 aromatic carbocycles. The SMILES string of the molecule is COC(=O)CCSc1ccc(COc2ccc(F)cc2F)cc1. The summed E-state index contributed by atoms with van der Waals surface area (Å²) in [5.74, 6) is -0.932. The molecule has 0 aliphatic rings. The number of hydrogen-bond donors (Lipinski definition) is 0. The van der Waals surface area contributed by atoms with Crippen molar-refractivity contribution < 1.29 is 23.0 Å². The average molecular weight is 338 g/mol. The van der Waals surface area contributed by atoms with E-state index in [2.05, 4.69) is 4.74 Å². The summed E-state index contributed by atoms with van der Waals surface area (Å²) in [4.78, 5) is 12.0. The Labute approximate surface area is 137 Å². The van der Waals surface area contributed by atoms with Gasteiger partial charge in [-0.15, -0.1) is 11.8 Å². The highest BCUT2D eigenvalue weighted by atomic mass is 32.2. The van der Waals surface area contributed by atoms with E-state index in [1.54, 1.807) is 11.8 Å². The standard InChI is InChI=1S/C17H16F2O3S/c1-21-17(20)8-9-23-14-5-2-12(3-6-14)11-22-16-7-4-13(18)10-15(16)19/h2-7,10H,8-9,11H2,1H3. The van der Waals surface area contributed by atoms with Gasteiger partial charge in [-0.1, -0.05) is 12.1 Å². The number of thioether (sulfide) groups is 1. The topological polar surface area (TPSA) is 35.5 Å². The number of benzene rings is 2. The van der Waals surface area contributed by atoms with Gasteiger partial charge in [-0.05, 0) is 29.8 Å². The number of carbonyl (C=O) groups is 1. The minimum atomic E-state index is -0.722. The molecule has 0 aliphatic carbocycles. The molecule has 0 atom stereocenters. The van der Waals surface area contributed by atoms with Crippen molar-refractivity contribution in [2.24, 2.45) is 0 Å². The van der Waals surface area contributed by atoms with Gasteiger partial charge in [-0.25, -0.2) is 8.78 Å². The van der Waals surface area contributed by atoms with Crippen molar-refractivity contribution in [2.45, 2.75) is 17.9 Å². The summed E-state index contributed by atoms with van der Waals surface area (Å²) >= 11 is 1.55. The van der Waals surface area contributed by atoms with Gasteiger partial charge < -0.3 is 9.47 Å². The fraction of sp³-hybridized carbons (Fsp3) is 0.235. The molecule has 0 spiro atoms. The quantitative estimate of drug-likeness (QED) is 0.560. The van der Waals surface area contributed by atoms with Gasteiger partial charge in [0.1, 0.15) is 12.4 Å². The summed E-state index contributed by atoms with van der Waals surface area (Å²) < 4.78 is 36.2. The van der Waals surface area contributed by atoms with Gasteiger partial charge >= 0.3 is 5.97 Å². The Hall–Kier alpha value is -2.08. The average Bonchev–Trinajstić information content (AvgIpc) is 2.55. The smallest absolute Gasteiger partial charge is 0.306 e. The van der Waals surface area contributed by atoms with Gasteiger partial charge in [0, 0.05) is 16.7 Å². The van der Waals surface area contributed by atoms with Crippen LogP contribution >= 0.6 is 11.8 Å². The van der Waals surface area contributed by atoms with E-state index >= 15 is 0 Å². The maximum atomic E-state index is 13.4. The Balaban J connectivity index is 1.84. The summed E-state index contributed by atoms with van der Waals surface area (Å²) in [7, 11) is 1.37. The molecule has 0 amide bonds. The molecular weight excluding hydrogens is 322 g/mol. The summed E-state index contributed by atoms with van der Waals surface area (Å²) in [6.45, 7) is 0.190. The second-order valence-corrected chi connectivity index (χ2v) is 5.85. The van der Waals surface area contributed by atoms with E-state index in [1.807, 2.05) is 24.3 Å². The first-order valence-corrected chi connectivity index (χ1v) is 7.93. The third-order valence-electron chi connectivity index (χ3n) is 3.01. The molecule has 0 unspecified atom stereocenters. The van der Waals surface area contributed by atoms with Gasteiger partial charge in [0.05, 0.1) is 13.5 Å². The largest absolute Gasteiger partial charge is 0.486 e. The van der Waals surface area contributed by atoms with Crippen molar-refractivity contribution in [1.29, 1.82) is 0 Å². The van der Waals surface area contributed by atoms with E-state index in [0.717, 1.165) is 22.6 Å². The lowest BCUT2D eigenvalue weighted by Gasteiger charge is -2.08. The first-order chi connectivity index (χ1) is 11.1. The first-order valence-electron chi connectivity index (χ1n) is 6.95. The third-order valence-corrected chi connectivity index (χ3v) is 4.03. The Morgan fingerprint density at radius 1 is 1.13 bits per heavy atom. The number of esters is 1. The van der Waals surface area contributed by atoms with Gasteiger partial charge in [-0.2, -0.15) is 0 Å². The number of carbonyl (C=O) groups excluding carboxylic acids is 1. The van der Waals surface area contributed by atoms with Crippen molar-refractivity contribution in [2.75, 3.05) is 12.9 Å². The number of methoxy groups -OCH3 is 1. The van der Waals surface area contributed by atoms with Gasteiger partial charge in [0.25, 0.3) is 0 Å².